The average Bonchev–Trinajstić information content (AvgIpc) is 3.35. The molecule has 2 aromatic heterocycles. The molecular formula is C28H17NS. The summed E-state index contributed by atoms with van der Waals surface area (Å²) in [5, 5.41) is 7.96. The Bertz CT molecular complexity index is 1730. The third-order valence-electron chi connectivity index (χ3n) is 6.17. The molecule has 30 heavy (non-hydrogen) atoms. The molecule has 5 aromatic carbocycles. The quantitative estimate of drug-likeness (QED) is 0.262. The molecule has 2 heterocycles. The minimum absolute atomic E-state index is 1.20. The average molecular weight is 400 g/mol. The Kier molecular flexibility index (Phi) is 3.21. The van der Waals surface area contributed by atoms with E-state index in [2.05, 4.69) is 108 Å². The van der Waals surface area contributed by atoms with Crippen LogP contribution in [0.1, 0.15) is 0 Å². The third-order valence-corrected chi connectivity index (χ3v) is 7.31. The van der Waals surface area contributed by atoms with Gasteiger partial charge in [0.2, 0.25) is 0 Å². The molecule has 0 atom stereocenters. The molecule has 7 aromatic rings. The van der Waals surface area contributed by atoms with Crippen LogP contribution in [0.2, 0.25) is 0 Å². The molecule has 0 N–H and O–H groups in total. The van der Waals surface area contributed by atoms with Gasteiger partial charge in [-0.15, -0.1) is 11.3 Å². The minimum atomic E-state index is 1.20. The van der Waals surface area contributed by atoms with Crippen LogP contribution < -0.4 is 0 Å². The Morgan fingerprint density at radius 3 is 2.17 bits per heavy atom. The van der Waals surface area contributed by atoms with Crippen LogP contribution in [-0.2, 0) is 0 Å². The number of rotatable bonds is 1. The van der Waals surface area contributed by atoms with Gasteiger partial charge in [0.25, 0.3) is 0 Å². The lowest BCUT2D eigenvalue weighted by atomic mass is 10.0. The summed E-state index contributed by atoms with van der Waals surface area (Å²) in [6, 6.07) is 37.4. The van der Waals surface area contributed by atoms with Crippen molar-refractivity contribution in [3.63, 3.8) is 0 Å². The number of hydrogen-bond donors (Lipinski definition) is 0. The van der Waals surface area contributed by atoms with E-state index in [4.69, 9.17) is 0 Å². The van der Waals surface area contributed by atoms with Crippen LogP contribution in [0.15, 0.2) is 103 Å². The van der Waals surface area contributed by atoms with E-state index in [1.165, 1.54) is 58.4 Å². The van der Waals surface area contributed by atoms with Crippen LogP contribution in [0.4, 0.5) is 0 Å². The predicted octanol–water partition coefficient (Wildman–Crippen LogP) is 8.30. The summed E-state index contributed by atoms with van der Waals surface area (Å²) in [7, 11) is 0. The molecule has 7 rings (SSSR count). The first kappa shape index (κ1) is 16.2. The summed E-state index contributed by atoms with van der Waals surface area (Å²) in [5.41, 5.74) is 3.77. The van der Waals surface area contributed by atoms with E-state index in [1.807, 2.05) is 11.3 Å². The summed E-state index contributed by atoms with van der Waals surface area (Å²) in [6.07, 6.45) is 0. The van der Waals surface area contributed by atoms with E-state index in [0.29, 0.717) is 0 Å². The molecule has 0 aliphatic carbocycles. The number of thiophene rings is 1. The second-order valence-corrected chi connectivity index (χ2v) is 8.87. The summed E-state index contributed by atoms with van der Waals surface area (Å²) < 4.78 is 5.14. The molecule has 0 unspecified atom stereocenters. The lowest BCUT2D eigenvalue weighted by Crippen LogP contribution is -1.93. The lowest BCUT2D eigenvalue weighted by Gasteiger charge is -2.09. The van der Waals surface area contributed by atoms with Gasteiger partial charge in [-0.3, -0.25) is 0 Å². The number of hydrogen-bond acceptors (Lipinski definition) is 1. The van der Waals surface area contributed by atoms with Crippen LogP contribution in [-0.4, -0.2) is 4.57 Å². The first-order valence-corrected chi connectivity index (χ1v) is 11.0. The molecule has 2 heteroatoms. The van der Waals surface area contributed by atoms with Gasteiger partial charge in [-0.2, -0.15) is 0 Å². The Morgan fingerprint density at radius 2 is 1.27 bits per heavy atom. The van der Waals surface area contributed by atoms with Crippen molar-refractivity contribution in [2.75, 3.05) is 0 Å². The van der Waals surface area contributed by atoms with Crippen LogP contribution >= 0.6 is 11.3 Å². The van der Waals surface area contributed by atoms with Crippen molar-refractivity contribution in [1.29, 1.82) is 0 Å². The van der Waals surface area contributed by atoms with Gasteiger partial charge in [-0.1, -0.05) is 72.8 Å². The number of para-hydroxylation sites is 1. The van der Waals surface area contributed by atoms with Crippen LogP contribution in [0, 0.1) is 0 Å². The zero-order chi connectivity index (χ0) is 19.7. The van der Waals surface area contributed by atoms with Crippen molar-refractivity contribution in [1.82, 2.24) is 4.57 Å². The third kappa shape index (κ3) is 2.06. The molecular weight excluding hydrogens is 382 g/mol. The zero-order valence-corrected chi connectivity index (χ0v) is 17.0. The Labute approximate surface area is 177 Å². The highest BCUT2D eigenvalue weighted by molar-refractivity contribution is 7.26. The van der Waals surface area contributed by atoms with Gasteiger partial charge >= 0.3 is 0 Å². The highest BCUT2D eigenvalue weighted by atomic mass is 32.1. The van der Waals surface area contributed by atoms with Gasteiger partial charge in [-0.25, -0.2) is 0 Å². The molecule has 0 spiro atoms. The molecule has 0 saturated carbocycles. The van der Waals surface area contributed by atoms with Gasteiger partial charge < -0.3 is 4.57 Å². The molecule has 140 valence electrons. The normalized spacial score (nSPS) is 12.0. The van der Waals surface area contributed by atoms with E-state index in [9.17, 15) is 0 Å². The molecule has 0 fully saturated rings. The molecule has 1 nitrogen and oxygen atoms in total. The number of fused-ring (bicyclic) bond motifs is 9. The summed E-state index contributed by atoms with van der Waals surface area (Å²) >= 11 is 1.88. The molecule has 0 bridgehead atoms. The Morgan fingerprint density at radius 1 is 0.500 bits per heavy atom. The second kappa shape index (κ2) is 5.94. The maximum atomic E-state index is 2.46. The van der Waals surface area contributed by atoms with Gasteiger partial charge in [0.1, 0.15) is 0 Å². The second-order valence-electron chi connectivity index (χ2n) is 7.78. The number of benzene rings is 5. The SMILES string of the molecule is c1ccc(-n2c3ccc4ccccc4c3c3ccc4sc5ccccc5c4c32)cc1. The first-order chi connectivity index (χ1) is 14.9. The van der Waals surface area contributed by atoms with Gasteiger partial charge in [-0.05, 0) is 41.1 Å². The maximum absolute atomic E-state index is 2.46. The lowest BCUT2D eigenvalue weighted by molar-refractivity contribution is 1.19. The predicted molar refractivity (Wildman–Crippen MR) is 131 cm³/mol. The summed E-state index contributed by atoms with van der Waals surface area (Å²) in [6.45, 7) is 0. The molecule has 0 aliphatic heterocycles. The van der Waals surface area contributed by atoms with Gasteiger partial charge in [0.15, 0.2) is 0 Å². The summed E-state index contributed by atoms with van der Waals surface area (Å²) in [4.78, 5) is 0. The number of nitrogens with zero attached hydrogens (tertiary/aromatic N) is 1. The fraction of sp³-hybridized carbons (Fsp3) is 0. The molecule has 0 saturated heterocycles. The van der Waals surface area contributed by atoms with Gasteiger partial charge in [0, 0.05) is 36.6 Å². The Hall–Kier alpha value is -3.62. The van der Waals surface area contributed by atoms with E-state index in [1.54, 1.807) is 0 Å². The summed E-state index contributed by atoms with van der Waals surface area (Å²) in [5.74, 6) is 0. The van der Waals surface area contributed by atoms with Crippen LogP contribution in [0.5, 0.6) is 0 Å². The van der Waals surface area contributed by atoms with E-state index >= 15 is 0 Å². The molecule has 0 radical (unpaired) electrons. The maximum Gasteiger partial charge on any atom is 0.0634 e. The van der Waals surface area contributed by atoms with E-state index in [0.717, 1.165) is 0 Å². The van der Waals surface area contributed by atoms with E-state index in [-0.39, 0.29) is 0 Å². The highest BCUT2D eigenvalue weighted by Gasteiger charge is 2.19. The van der Waals surface area contributed by atoms with E-state index < -0.39 is 0 Å². The Balaban J connectivity index is 1.84. The zero-order valence-electron chi connectivity index (χ0n) is 16.2. The van der Waals surface area contributed by atoms with Crippen LogP contribution in [0.3, 0.4) is 0 Å². The van der Waals surface area contributed by atoms with Crippen molar-refractivity contribution >= 4 is 64.1 Å². The van der Waals surface area contributed by atoms with Crippen molar-refractivity contribution in [3.05, 3.63) is 103 Å². The standard InChI is InChI=1S/C28H17NS/c1-2-9-19(10-3-1)29-23-16-14-18-8-4-5-11-20(18)26(23)22-15-17-25-27(28(22)29)21-12-6-7-13-24(21)30-25/h1-17H. The molecule has 0 amide bonds. The van der Waals surface area contributed by atoms with Gasteiger partial charge in [0.05, 0.1) is 11.0 Å². The van der Waals surface area contributed by atoms with Crippen molar-refractivity contribution < 1.29 is 0 Å². The molecule has 0 aliphatic rings. The van der Waals surface area contributed by atoms with Crippen molar-refractivity contribution in [3.8, 4) is 5.69 Å². The van der Waals surface area contributed by atoms with Crippen molar-refractivity contribution in [2.24, 2.45) is 0 Å². The first-order valence-electron chi connectivity index (χ1n) is 10.2. The van der Waals surface area contributed by atoms with Crippen molar-refractivity contribution in [2.45, 2.75) is 0 Å². The van der Waals surface area contributed by atoms with Crippen LogP contribution in [0.25, 0.3) is 58.4 Å². The fourth-order valence-corrected chi connectivity index (χ4v) is 6.04. The largest absolute Gasteiger partial charge is 0.309 e. The smallest absolute Gasteiger partial charge is 0.0634 e. The fourth-order valence-electron chi connectivity index (χ4n) is 4.93. The minimum Gasteiger partial charge on any atom is -0.309 e. The highest BCUT2D eigenvalue weighted by Crippen LogP contribution is 2.44. The number of aromatic nitrogens is 1. The topological polar surface area (TPSA) is 4.93 Å². The monoisotopic (exact) mass is 399 g/mol.